The molecule has 0 spiro atoms. The highest BCUT2D eigenvalue weighted by Gasteiger charge is 2.25. The zero-order chi connectivity index (χ0) is 17.9. The molecule has 4 heterocycles. The summed E-state index contributed by atoms with van der Waals surface area (Å²) in [6.45, 7) is 5.24. The first-order valence-electron chi connectivity index (χ1n) is 9.65. The van der Waals surface area contributed by atoms with Crippen molar-refractivity contribution in [2.24, 2.45) is 5.92 Å². The van der Waals surface area contributed by atoms with Crippen molar-refractivity contribution in [2.75, 3.05) is 32.7 Å². The van der Waals surface area contributed by atoms with Crippen LogP contribution in [0, 0.1) is 5.92 Å². The molecule has 0 saturated carbocycles. The molecule has 4 rings (SSSR count). The molecule has 0 bridgehead atoms. The Morgan fingerprint density at radius 1 is 1.15 bits per heavy atom. The lowest BCUT2D eigenvalue weighted by atomic mass is 9.93. The summed E-state index contributed by atoms with van der Waals surface area (Å²) in [4.78, 5) is 32.9. The van der Waals surface area contributed by atoms with E-state index in [-0.39, 0.29) is 29.7 Å². The number of carbonyl (C=O) groups is 1. The van der Waals surface area contributed by atoms with Crippen molar-refractivity contribution in [3.63, 3.8) is 0 Å². The van der Waals surface area contributed by atoms with Crippen LogP contribution in [0.5, 0.6) is 0 Å². The minimum Gasteiger partial charge on any atom is -0.406 e. The lowest BCUT2D eigenvalue weighted by molar-refractivity contribution is -0.131. The van der Waals surface area contributed by atoms with Gasteiger partial charge in [0.2, 0.25) is 5.91 Å². The average Bonchev–Trinajstić information content (AvgIpc) is 3.29. The van der Waals surface area contributed by atoms with Gasteiger partial charge in [-0.2, -0.15) is 0 Å². The smallest absolute Gasteiger partial charge is 0.406 e. The van der Waals surface area contributed by atoms with Crippen molar-refractivity contribution in [2.45, 2.75) is 38.6 Å². The summed E-state index contributed by atoms with van der Waals surface area (Å²) in [6.07, 6.45) is 6.79. The van der Waals surface area contributed by atoms with Crippen molar-refractivity contribution in [3.05, 3.63) is 28.9 Å². The molecule has 148 valence electrons. The highest BCUT2D eigenvalue weighted by atomic mass is 127. The van der Waals surface area contributed by atoms with Gasteiger partial charge >= 0.3 is 5.76 Å². The van der Waals surface area contributed by atoms with Crippen LogP contribution in [0.1, 0.15) is 32.1 Å². The monoisotopic (exact) mass is 486 g/mol. The molecule has 2 saturated heterocycles. The number of oxazole rings is 1. The van der Waals surface area contributed by atoms with Crippen molar-refractivity contribution >= 4 is 41.1 Å². The van der Waals surface area contributed by atoms with Gasteiger partial charge in [0, 0.05) is 38.8 Å². The summed E-state index contributed by atoms with van der Waals surface area (Å²) in [7, 11) is 0. The maximum Gasteiger partial charge on any atom is 0.421 e. The van der Waals surface area contributed by atoms with Gasteiger partial charge in [-0.1, -0.05) is 0 Å². The van der Waals surface area contributed by atoms with Crippen LogP contribution in [0.4, 0.5) is 0 Å². The Hall–Kier alpha value is -1.42. The van der Waals surface area contributed by atoms with E-state index in [4.69, 9.17) is 4.42 Å². The molecule has 7 nitrogen and oxygen atoms in total. The number of pyridine rings is 1. The van der Waals surface area contributed by atoms with E-state index in [1.165, 1.54) is 0 Å². The van der Waals surface area contributed by atoms with Crippen LogP contribution in [0.25, 0.3) is 11.2 Å². The first-order chi connectivity index (χ1) is 12.7. The van der Waals surface area contributed by atoms with Gasteiger partial charge in [0.25, 0.3) is 0 Å². The first-order valence-corrected chi connectivity index (χ1v) is 9.65. The third kappa shape index (κ3) is 4.71. The molecular weight excluding hydrogens is 459 g/mol. The lowest BCUT2D eigenvalue weighted by Crippen LogP contribution is -2.38. The number of aromatic nitrogens is 2. The molecule has 27 heavy (non-hydrogen) atoms. The summed E-state index contributed by atoms with van der Waals surface area (Å²) in [5.41, 5.74) is 1.15. The van der Waals surface area contributed by atoms with E-state index < -0.39 is 0 Å². The molecule has 0 atom stereocenters. The molecule has 1 amide bonds. The number of hydrogen-bond acceptors (Lipinski definition) is 5. The van der Waals surface area contributed by atoms with E-state index in [2.05, 4.69) is 9.88 Å². The predicted molar refractivity (Wildman–Crippen MR) is 113 cm³/mol. The number of fused-ring (bicyclic) bond motifs is 1. The molecule has 2 aliphatic rings. The molecule has 0 aromatic carbocycles. The second-order valence-electron chi connectivity index (χ2n) is 7.42. The van der Waals surface area contributed by atoms with E-state index in [9.17, 15) is 9.59 Å². The Balaban J connectivity index is 0.00000210. The minimum absolute atomic E-state index is 0. The number of piperidine rings is 1. The Labute approximate surface area is 175 Å². The molecule has 0 unspecified atom stereocenters. The molecule has 2 aliphatic heterocycles. The van der Waals surface area contributed by atoms with Crippen LogP contribution in [-0.2, 0) is 11.3 Å². The second-order valence-corrected chi connectivity index (χ2v) is 7.42. The van der Waals surface area contributed by atoms with E-state index in [0.717, 1.165) is 58.4 Å². The number of halogens is 1. The topological polar surface area (TPSA) is 71.6 Å². The fourth-order valence-corrected chi connectivity index (χ4v) is 4.10. The fourth-order valence-electron chi connectivity index (χ4n) is 4.10. The lowest BCUT2D eigenvalue weighted by Gasteiger charge is -2.32. The summed E-state index contributed by atoms with van der Waals surface area (Å²) >= 11 is 0. The molecule has 0 N–H and O–H groups in total. The quantitative estimate of drug-likeness (QED) is 0.607. The summed E-state index contributed by atoms with van der Waals surface area (Å²) in [6, 6.07) is 3.53. The maximum absolute atomic E-state index is 12.3. The van der Waals surface area contributed by atoms with Gasteiger partial charge in [0.15, 0.2) is 11.2 Å². The number of rotatable bonds is 5. The van der Waals surface area contributed by atoms with Gasteiger partial charge in [-0.05, 0) is 56.8 Å². The van der Waals surface area contributed by atoms with Crippen LogP contribution in [0.2, 0.25) is 0 Å². The largest absolute Gasteiger partial charge is 0.421 e. The van der Waals surface area contributed by atoms with Crippen LogP contribution >= 0.6 is 24.0 Å². The Bertz CT molecular complexity index is 820. The summed E-state index contributed by atoms with van der Waals surface area (Å²) in [5.74, 6) is 0.492. The van der Waals surface area contributed by atoms with Crippen molar-refractivity contribution < 1.29 is 9.21 Å². The zero-order valence-corrected chi connectivity index (χ0v) is 17.8. The number of carbonyl (C=O) groups excluding carboxylic acids is 1. The molecule has 0 aliphatic carbocycles. The molecule has 8 heteroatoms. The maximum atomic E-state index is 12.3. The zero-order valence-electron chi connectivity index (χ0n) is 15.5. The average molecular weight is 486 g/mol. The summed E-state index contributed by atoms with van der Waals surface area (Å²) < 4.78 is 6.84. The third-order valence-electron chi connectivity index (χ3n) is 5.69. The molecule has 2 fully saturated rings. The number of likely N-dealkylation sites (tertiary alicyclic amines) is 2. The standard InChI is InChI=1S/C19H26N4O3.HI/c24-17(22-8-1-2-9-22)14-15-5-10-21(11-6-15)12-13-23-18-16(26-19(23)25)4-3-7-20-18;/h3-4,7,15H,1-2,5-6,8-14H2;1H. The predicted octanol–water partition coefficient (Wildman–Crippen LogP) is 2.33. The molecular formula is C19H27IN4O3. The highest BCUT2D eigenvalue weighted by molar-refractivity contribution is 14.0. The third-order valence-corrected chi connectivity index (χ3v) is 5.69. The van der Waals surface area contributed by atoms with Gasteiger partial charge in [-0.3, -0.25) is 9.36 Å². The van der Waals surface area contributed by atoms with Crippen LogP contribution < -0.4 is 5.76 Å². The van der Waals surface area contributed by atoms with E-state index in [0.29, 0.717) is 36.0 Å². The van der Waals surface area contributed by atoms with E-state index in [1.807, 2.05) is 4.90 Å². The molecule has 2 aromatic heterocycles. The van der Waals surface area contributed by atoms with Crippen molar-refractivity contribution in [3.8, 4) is 0 Å². The number of hydrogen-bond donors (Lipinski definition) is 0. The van der Waals surface area contributed by atoms with E-state index >= 15 is 0 Å². The number of nitrogens with zero attached hydrogens (tertiary/aromatic N) is 4. The SMILES string of the molecule is I.O=C(CC1CCN(CCn2c(=O)oc3cccnc32)CC1)N1CCCC1. The van der Waals surface area contributed by atoms with Gasteiger partial charge in [0.05, 0.1) is 0 Å². The Kier molecular flexibility index (Phi) is 6.91. The Morgan fingerprint density at radius 3 is 2.63 bits per heavy atom. The van der Waals surface area contributed by atoms with Crippen LogP contribution in [-0.4, -0.2) is 58.0 Å². The molecule has 0 radical (unpaired) electrons. The summed E-state index contributed by atoms with van der Waals surface area (Å²) in [5, 5.41) is 0. The van der Waals surface area contributed by atoms with Gasteiger partial charge in [-0.25, -0.2) is 9.78 Å². The highest BCUT2D eigenvalue weighted by Crippen LogP contribution is 2.22. The fraction of sp³-hybridized carbons (Fsp3) is 0.632. The van der Waals surface area contributed by atoms with E-state index in [1.54, 1.807) is 22.9 Å². The first kappa shape index (κ1) is 20.3. The molecule has 2 aromatic rings. The van der Waals surface area contributed by atoms with Crippen molar-refractivity contribution in [1.29, 1.82) is 0 Å². The minimum atomic E-state index is -0.343. The normalized spacial score (nSPS) is 18.7. The van der Waals surface area contributed by atoms with Gasteiger partial charge < -0.3 is 14.2 Å². The van der Waals surface area contributed by atoms with Crippen LogP contribution in [0.15, 0.2) is 27.5 Å². The Morgan fingerprint density at radius 2 is 1.89 bits per heavy atom. The van der Waals surface area contributed by atoms with Crippen molar-refractivity contribution in [1.82, 2.24) is 19.4 Å². The van der Waals surface area contributed by atoms with Gasteiger partial charge in [0.1, 0.15) is 0 Å². The second kappa shape index (κ2) is 9.18. The number of amides is 1. The van der Waals surface area contributed by atoms with Crippen LogP contribution in [0.3, 0.4) is 0 Å². The van der Waals surface area contributed by atoms with Gasteiger partial charge in [-0.15, -0.1) is 24.0 Å².